The summed E-state index contributed by atoms with van der Waals surface area (Å²) in [4.78, 5) is 27.6. The fourth-order valence-corrected chi connectivity index (χ4v) is 3.74. The summed E-state index contributed by atoms with van der Waals surface area (Å²) in [6.07, 6.45) is 1.49. The largest absolute Gasteiger partial charge is 0.490 e. The van der Waals surface area contributed by atoms with Gasteiger partial charge in [0.05, 0.1) is 11.1 Å². The summed E-state index contributed by atoms with van der Waals surface area (Å²) in [5, 5.41) is 0.143. The molecule has 9 heteroatoms. The second-order valence-electron chi connectivity index (χ2n) is 6.75. The summed E-state index contributed by atoms with van der Waals surface area (Å²) in [6.45, 7) is 2.34. The first kappa shape index (κ1) is 22.9. The Morgan fingerprint density at radius 3 is 2.39 bits per heavy atom. The first-order valence-electron chi connectivity index (χ1n) is 9.38. The second kappa shape index (κ2) is 9.57. The number of carbonyl (C=O) groups excluding carboxylic acids is 2. The number of benzene rings is 2. The summed E-state index contributed by atoms with van der Waals surface area (Å²) < 4.78 is 25.6. The lowest BCUT2D eigenvalue weighted by atomic mass is 10.1. The third kappa shape index (κ3) is 4.94. The van der Waals surface area contributed by atoms with Gasteiger partial charge >= 0.3 is 0 Å². The Balaban J connectivity index is 1.94. The van der Waals surface area contributed by atoms with Crippen LogP contribution < -0.4 is 9.47 Å². The highest BCUT2D eigenvalue weighted by molar-refractivity contribution is 9.10. The molecule has 0 unspecified atom stereocenters. The van der Waals surface area contributed by atoms with Gasteiger partial charge in [-0.2, -0.15) is 0 Å². The maximum atomic E-state index is 13.4. The lowest BCUT2D eigenvalue weighted by Crippen LogP contribution is -2.52. The van der Waals surface area contributed by atoms with Gasteiger partial charge in [0, 0.05) is 14.1 Å². The van der Waals surface area contributed by atoms with Gasteiger partial charge in [0.1, 0.15) is 18.0 Å². The summed E-state index contributed by atoms with van der Waals surface area (Å²) in [6, 6.07) is 9.51. The van der Waals surface area contributed by atoms with E-state index in [1.54, 1.807) is 24.3 Å². The van der Waals surface area contributed by atoms with Crippen LogP contribution in [0.2, 0.25) is 0 Å². The van der Waals surface area contributed by atoms with Crippen molar-refractivity contribution in [3.05, 3.63) is 63.4 Å². The molecule has 1 aliphatic rings. The van der Waals surface area contributed by atoms with Crippen LogP contribution in [-0.4, -0.2) is 47.4 Å². The Morgan fingerprint density at radius 1 is 1.10 bits per heavy atom. The number of ether oxygens (including phenoxy) is 2. The van der Waals surface area contributed by atoms with E-state index in [4.69, 9.17) is 21.7 Å². The third-order valence-electron chi connectivity index (χ3n) is 4.56. The second-order valence-corrected chi connectivity index (χ2v) is 7.97. The molecule has 0 spiro atoms. The molecule has 162 valence electrons. The van der Waals surface area contributed by atoms with Gasteiger partial charge in [-0.05, 0) is 76.5 Å². The number of nitrogens with zero attached hydrogens (tertiary/aromatic N) is 2. The Kier molecular flexibility index (Phi) is 7.07. The summed E-state index contributed by atoms with van der Waals surface area (Å²) in [7, 11) is 3.04. The van der Waals surface area contributed by atoms with Crippen LogP contribution in [0.5, 0.6) is 11.5 Å². The predicted molar refractivity (Wildman–Crippen MR) is 122 cm³/mol. The van der Waals surface area contributed by atoms with Crippen LogP contribution in [-0.2, 0) is 16.2 Å². The monoisotopic (exact) mass is 506 g/mol. The van der Waals surface area contributed by atoms with Gasteiger partial charge in [-0.1, -0.05) is 12.1 Å². The molecule has 6 nitrogen and oxygen atoms in total. The first-order valence-corrected chi connectivity index (χ1v) is 10.6. The molecule has 0 atom stereocenters. The molecule has 0 aliphatic carbocycles. The molecule has 1 heterocycles. The molecular formula is C22H20BrFN2O4S. The molecular weight excluding hydrogens is 487 g/mol. The number of amides is 2. The third-order valence-corrected chi connectivity index (χ3v) is 5.70. The van der Waals surface area contributed by atoms with E-state index in [0.29, 0.717) is 33.7 Å². The van der Waals surface area contributed by atoms with Gasteiger partial charge in [-0.25, -0.2) is 4.39 Å². The lowest BCUT2D eigenvalue weighted by Gasteiger charge is -2.31. The normalized spacial score (nSPS) is 14.2. The standard InChI is InChI=1S/C22H20BrFN2O4S/c1-4-29-18-11-14(9-16-20(27)25(2)22(31)26(3)21(16)28)10-17(23)19(18)30-12-13-6-5-7-15(24)8-13/h5-11H,4,12H2,1-3H3. The van der Waals surface area contributed by atoms with E-state index in [9.17, 15) is 14.0 Å². The highest BCUT2D eigenvalue weighted by Gasteiger charge is 2.35. The van der Waals surface area contributed by atoms with Crippen LogP contribution in [0.15, 0.2) is 46.4 Å². The van der Waals surface area contributed by atoms with E-state index >= 15 is 0 Å². The number of likely N-dealkylation sites (N-methyl/N-ethyl adjacent to an activating group) is 2. The van der Waals surface area contributed by atoms with Gasteiger partial charge < -0.3 is 9.47 Å². The number of rotatable bonds is 6. The zero-order chi connectivity index (χ0) is 22.7. The molecule has 2 aromatic carbocycles. The Morgan fingerprint density at radius 2 is 1.77 bits per heavy atom. The van der Waals surface area contributed by atoms with Gasteiger partial charge in [-0.3, -0.25) is 19.4 Å². The first-order chi connectivity index (χ1) is 14.7. The smallest absolute Gasteiger partial charge is 0.265 e. The van der Waals surface area contributed by atoms with Crippen molar-refractivity contribution < 1.29 is 23.5 Å². The highest BCUT2D eigenvalue weighted by atomic mass is 79.9. The summed E-state index contributed by atoms with van der Waals surface area (Å²) in [5.41, 5.74) is 1.22. The maximum Gasteiger partial charge on any atom is 0.265 e. The molecule has 0 N–H and O–H groups in total. The van der Waals surface area contributed by atoms with Crippen LogP contribution in [0.25, 0.3) is 6.08 Å². The number of thiocarbonyl (C=S) groups is 1. The van der Waals surface area contributed by atoms with Crippen LogP contribution in [0.3, 0.4) is 0 Å². The molecule has 1 aliphatic heterocycles. The minimum absolute atomic E-state index is 0.0126. The van der Waals surface area contributed by atoms with Crippen molar-refractivity contribution >= 4 is 51.2 Å². The Labute approximate surface area is 193 Å². The molecule has 0 saturated carbocycles. The van der Waals surface area contributed by atoms with Crippen molar-refractivity contribution in [1.29, 1.82) is 0 Å². The topological polar surface area (TPSA) is 59.1 Å². The minimum Gasteiger partial charge on any atom is -0.490 e. The van der Waals surface area contributed by atoms with Gasteiger partial charge in [0.2, 0.25) is 0 Å². The van der Waals surface area contributed by atoms with Gasteiger partial charge in [-0.15, -0.1) is 0 Å². The quantitative estimate of drug-likeness (QED) is 0.334. The summed E-state index contributed by atoms with van der Waals surface area (Å²) >= 11 is 8.57. The molecule has 31 heavy (non-hydrogen) atoms. The lowest BCUT2D eigenvalue weighted by molar-refractivity contribution is -0.132. The SMILES string of the molecule is CCOc1cc(C=C2C(=O)N(C)C(=S)N(C)C2=O)cc(Br)c1OCc1cccc(F)c1. The van der Waals surface area contributed by atoms with E-state index < -0.39 is 11.8 Å². The fourth-order valence-electron chi connectivity index (χ4n) is 3.00. The molecule has 1 saturated heterocycles. The van der Waals surface area contributed by atoms with Crippen molar-refractivity contribution in [3.8, 4) is 11.5 Å². The van der Waals surface area contributed by atoms with Crippen molar-refractivity contribution in [3.63, 3.8) is 0 Å². The van der Waals surface area contributed by atoms with Crippen LogP contribution >= 0.6 is 28.1 Å². The van der Waals surface area contributed by atoms with Crippen molar-refractivity contribution in [2.24, 2.45) is 0 Å². The van der Waals surface area contributed by atoms with Crippen molar-refractivity contribution in [2.75, 3.05) is 20.7 Å². The Bertz CT molecular complexity index is 1060. The predicted octanol–water partition coefficient (Wildman–Crippen LogP) is 4.16. The molecule has 2 aromatic rings. The van der Waals surface area contributed by atoms with E-state index in [1.165, 1.54) is 42.1 Å². The van der Waals surface area contributed by atoms with Gasteiger partial charge in [0.15, 0.2) is 16.6 Å². The zero-order valence-electron chi connectivity index (χ0n) is 17.1. The molecule has 0 bridgehead atoms. The van der Waals surface area contributed by atoms with Crippen LogP contribution in [0.1, 0.15) is 18.1 Å². The zero-order valence-corrected chi connectivity index (χ0v) is 19.5. The minimum atomic E-state index is -0.478. The molecule has 1 fully saturated rings. The molecule has 2 amide bonds. The maximum absolute atomic E-state index is 13.4. The number of hydrogen-bond donors (Lipinski definition) is 0. The fraction of sp³-hybridized carbons (Fsp3) is 0.227. The number of halogens is 2. The molecule has 3 rings (SSSR count). The van der Waals surface area contributed by atoms with E-state index in [1.807, 2.05) is 6.92 Å². The van der Waals surface area contributed by atoms with Crippen molar-refractivity contribution in [1.82, 2.24) is 9.80 Å². The summed E-state index contributed by atoms with van der Waals surface area (Å²) in [5.74, 6) is -0.441. The highest BCUT2D eigenvalue weighted by Crippen LogP contribution is 2.38. The average molecular weight is 507 g/mol. The molecule has 0 aromatic heterocycles. The Hall–Kier alpha value is -2.78. The van der Waals surface area contributed by atoms with E-state index in [2.05, 4.69) is 15.9 Å². The number of hydrogen-bond acceptors (Lipinski definition) is 5. The van der Waals surface area contributed by atoms with E-state index in [0.717, 1.165) is 0 Å². The van der Waals surface area contributed by atoms with Crippen molar-refractivity contribution in [2.45, 2.75) is 13.5 Å². The van der Waals surface area contributed by atoms with Gasteiger partial charge in [0.25, 0.3) is 11.8 Å². The van der Waals surface area contributed by atoms with E-state index in [-0.39, 0.29) is 23.1 Å². The average Bonchev–Trinajstić information content (AvgIpc) is 2.73. The van der Waals surface area contributed by atoms with Crippen LogP contribution in [0.4, 0.5) is 4.39 Å². The van der Waals surface area contributed by atoms with Crippen LogP contribution in [0, 0.1) is 5.82 Å². The number of carbonyl (C=O) groups is 2. The molecule has 0 radical (unpaired) electrons.